The van der Waals surface area contributed by atoms with E-state index < -0.39 is 5.69 Å². The maximum absolute atomic E-state index is 12.3. The molecular formula is C18H18N4O4S. The average Bonchev–Trinajstić information content (AvgIpc) is 2.65. The van der Waals surface area contributed by atoms with Crippen molar-refractivity contribution in [2.24, 2.45) is 0 Å². The fraction of sp³-hybridized carbons (Fsp3) is 0.333. The molecule has 2 N–H and O–H groups in total. The lowest BCUT2D eigenvalue weighted by atomic mass is 10.1. The maximum Gasteiger partial charge on any atom is 0.346 e. The summed E-state index contributed by atoms with van der Waals surface area (Å²) in [7, 11) is 0. The third-order valence-corrected chi connectivity index (χ3v) is 4.96. The molecule has 140 valence electrons. The van der Waals surface area contributed by atoms with Crippen molar-refractivity contribution in [2.75, 3.05) is 19.0 Å². The number of aromatic nitrogens is 2. The van der Waals surface area contributed by atoms with E-state index in [1.807, 2.05) is 31.2 Å². The topological polar surface area (TPSA) is 117 Å². The van der Waals surface area contributed by atoms with Gasteiger partial charge in [0, 0.05) is 5.69 Å². The van der Waals surface area contributed by atoms with E-state index in [4.69, 9.17) is 9.47 Å². The lowest BCUT2D eigenvalue weighted by Gasteiger charge is -2.21. The summed E-state index contributed by atoms with van der Waals surface area (Å²) in [5.41, 5.74) is 1.05. The molecule has 0 saturated carbocycles. The molecule has 0 unspecified atom stereocenters. The molecule has 0 spiro atoms. The van der Waals surface area contributed by atoms with Crippen LogP contribution in [0.2, 0.25) is 0 Å². The highest BCUT2D eigenvalue weighted by Crippen LogP contribution is 2.32. The standard InChI is InChI=1S/C18H18N4O4S/c1-10(12-3-4-14-15(7-12)26-6-5-25-14)20-16(23)9-27-17-13(8-19)11(2)21-18(24)22-17/h3-4,7,10H,5-6,9H2,1-2H3,(H,20,23)(H,21,22,24)/t10-/m0/s1. The number of fused-ring (bicyclic) bond motifs is 1. The second-order valence-corrected chi connectivity index (χ2v) is 6.90. The summed E-state index contributed by atoms with van der Waals surface area (Å²) < 4.78 is 11.1. The number of nitrogens with zero attached hydrogens (tertiary/aromatic N) is 2. The molecule has 0 fully saturated rings. The van der Waals surface area contributed by atoms with Crippen molar-refractivity contribution in [3.05, 3.63) is 45.5 Å². The van der Waals surface area contributed by atoms with Crippen molar-refractivity contribution in [1.82, 2.24) is 15.3 Å². The Hall–Kier alpha value is -2.99. The van der Waals surface area contributed by atoms with Crippen LogP contribution in [0.25, 0.3) is 0 Å². The molecule has 0 radical (unpaired) electrons. The minimum Gasteiger partial charge on any atom is -0.486 e. The summed E-state index contributed by atoms with van der Waals surface area (Å²) >= 11 is 1.06. The summed E-state index contributed by atoms with van der Waals surface area (Å²) in [5, 5.41) is 12.3. The Balaban J connectivity index is 1.63. The van der Waals surface area contributed by atoms with Gasteiger partial charge in [-0.2, -0.15) is 10.2 Å². The summed E-state index contributed by atoms with van der Waals surface area (Å²) in [6.45, 7) is 4.51. The molecule has 1 aromatic heterocycles. The number of aryl methyl sites for hydroxylation is 1. The van der Waals surface area contributed by atoms with E-state index in [1.165, 1.54) is 0 Å². The number of carbonyl (C=O) groups is 1. The number of hydrogen-bond donors (Lipinski definition) is 2. The first-order valence-electron chi connectivity index (χ1n) is 8.30. The first-order valence-corrected chi connectivity index (χ1v) is 9.29. The molecule has 1 atom stereocenters. The highest BCUT2D eigenvalue weighted by atomic mass is 32.2. The molecule has 0 saturated heterocycles. The van der Waals surface area contributed by atoms with Crippen molar-refractivity contribution in [3.63, 3.8) is 0 Å². The highest BCUT2D eigenvalue weighted by molar-refractivity contribution is 8.00. The molecule has 2 heterocycles. The number of rotatable bonds is 5. The van der Waals surface area contributed by atoms with Crippen LogP contribution in [-0.2, 0) is 4.79 Å². The van der Waals surface area contributed by atoms with E-state index in [1.54, 1.807) is 6.92 Å². The fourth-order valence-electron chi connectivity index (χ4n) is 2.63. The van der Waals surface area contributed by atoms with E-state index in [9.17, 15) is 14.9 Å². The van der Waals surface area contributed by atoms with Crippen LogP contribution in [0.1, 0.15) is 29.8 Å². The molecule has 3 rings (SSSR count). The zero-order valence-corrected chi connectivity index (χ0v) is 15.7. The van der Waals surface area contributed by atoms with Gasteiger partial charge in [0.05, 0.1) is 11.8 Å². The second-order valence-electron chi connectivity index (χ2n) is 5.94. The van der Waals surface area contributed by atoms with E-state index in [2.05, 4.69) is 15.3 Å². The number of carbonyl (C=O) groups excluding carboxylic acids is 1. The zero-order valence-electron chi connectivity index (χ0n) is 14.9. The van der Waals surface area contributed by atoms with E-state index in [0.29, 0.717) is 30.4 Å². The summed E-state index contributed by atoms with van der Waals surface area (Å²) in [4.78, 5) is 30.0. The van der Waals surface area contributed by atoms with Gasteiger partial charge in [0.2, 0.25) is 5.91 Å². The molecular weight excluding hydrogens is 368 g/mol. The van der Waals surface area contributed by atoms with Crippen LogP contribution in [0.3, 0.4) is 0 Å². The molecule has 1 aromatic carbocycles. The molecule has 0 aliphatic carbocycles. The van der Waals surface area contributed by atoms with Crippen molar-refractivity contribution in [2.45, 2.75) is 24.9 Å². The lowest BCUT2D eigenvalue weighted by Crippen LogP contribution is -2.28. The third kappa shape index (κ3) is 4.41. The Kier molecular flexibility index (Phi) is 5.66. The predicted molar refractivity (Wildman–Crippen MR) is 99.0 cm³/mol. The van der Waals surface area contributed by atoms with Gasteiger partial charge in [-0.25, -0.2) is 4.79 Å². The van der Waals surface area contributed by atoms with Crippen molar-refractivity contribution >= 4 is 17.7 Å². The van der Waals surface area contributed by atoms with E-state index in [0.717, 1.165) is 17.3 Å². The molecule has 2 aromatic rings. The van der Waals surface area contributed by atoms with Crippen LogP contribution in [-0.4, -0.2) is 34.8 Å². The number of H-pyrrole nitrogens is 1. The third-order valence-electron chi connectivity index (χ3n) is 3.98. The minimum absolute atomic E-state index is 0.0411. The largest absolute Gasteiger partial charge is 0.486 e. The van der Waals surface area contributed by atoms with Crippen LogP contribution in [0.4, 0.5) is 0 Å². The van der Waals surface area contributed by atoms with Crippen LogP contribution in [0.5, 0.6) is 11.5 Å². The quantitative estimate of drug-likeness (QED) is 0.593. The molecule has 1 aliphatic rings. The Morgan fingerprint density at radius 2 is 2.15 bits per heavy atom. The van der Waals surface area contributed by atoms with Gasteiger partial charge in [-0.05, 0) is 31.5 Å². The van der Waals surface area contributed by atoms with Gasteiger partial charge in [-0.3, -0.25) is 4.79 Å². The monoisotopic (exact) mass is 386 g/mol. The first-order chi connectivity index (χ1) is 13.0. The zero-order chi connectivity index (χ0) is 19.4. The number of benzene rings is 1. The summed E-state index contributed by atoms with van der Waals surface area (Å²) in [6, 6.07) is 7.31. The van der Waals surface area contributed by atoms with Crippen LogP contribution in [0.15, 0.2) is 28.0 Å². The SMILES string of the molecule is Cc1[nH]c(=O)nc(SCC(=O)N[C@@H](C)c2ccc3c(c2)OCCO3)c1C#N. The van der Waals surface area contributed by atoms with Gasteiger partial charge in [0.25, 0.3) is 0 Å². The lowest BCUT2D eigenvalue weighted by molar-refractivity contribution is -0.119. The smallest absolute Gasteiger partial charge is 0.346 e. The van der Waals surface area contributed by atoms with Gasteiger partial charge in [0.15, 0.2) is 11.5 Å². The minimum atomic E-state index is -0.543. The number of thioether (sulfide) groups is 1. The molecule has 1 aliphatic heterocycles. The highest BCUT2D eigenvalue weighted by Gasteiger charge is 2.17. The summed E-state index contributed by atoms with van der Waals surface area (Å²) in [6.07, 6.45) is 0. The van der Waals surface area contributed by atoms with Gasteiger partial charge in [-0.1, -0.05) is 17.8 Å². The van der Waals surface area contributed by atoms with Gasteiger partial charge < -0.3 is 19.8 Å². The molecule has 0 bridgehead atoms. The number of nitriles is 1. The number of ether oxygens (including phenoxy) is 2. The Morgan fingerprint density at radius 1 is 1.41 bits per heavy atom. The van der Waals surface area contributed by atoms with E-state index in [-0.39, 0.29) is 28.3 Å². The van der Waals surface area contributed by atoms with Crippen molar-refractivity contribution in [1.29, 1.82) is 5.26 Å². The number of aromatic amines is 1. The van der Waals surface area contributed by atoms with Gasteiger partial charge in [-0.15, -0.1) is 0 Å². The fourth-order valence-corrected chi connectivity index (χ4v) is 3.47. The molecule has 8 nitrogen and oxygen atoms in total. The first kappa shape index (κ1) is 18.8. The molecule has 1 amide bonds. The van der Waals surface area contributed by atoms with Gasteiger partial charge >= 0.3 is 5.69 Å². The Morgan fingerprint density at radius 3 is 2.89 bits per heavy atom. The Labute approximate surface area is 159 Å². The second kappa shape index (κ2) is 8.14. The normalized spacial score (nSPS) is 13.5. The van der Waals surface area contributed by atoms with Crippen molar-refractivity contribution in [3.8, 4) is 17.6 Å². The van der Waals surface area contributed by atoms with E-state index >= 15 is 0 Å². The van der Waals surface area contributed by atoms with Crippen LogP contribution < -0.4 is 20.5 Å². The number of amides is 1. The molecule has 9 heteroatoms. The summed E-state index contributed by atoms with van der Waals surface area (Å²) in [5.74, 6) is 1.17. The molecule has 27 heavy (non-hydrogen) atoms. The predicted octanol–water partition coefficient (Wildman–Crippen LogP) is 1.69. The average molecular weight is 386 g/mol. The number of hydrogen-bond acceptors (Lipinski definition) is 7. The van der Waals surface area contributed by atoms with Gasteiger partial charge in [0.1, 0.15) is 29.9 Å². The number of nitrogens with one attached hydrogen (secondary N) is 2. The van der Waals surface area contributed by atoms with Crippen LogP contribution >= 0.6 is 11.8 Å². The van der Waals surface area contributed by atoms with Crippen LogP contribution in [0, 0.1) is 18.3 Å². The maximum atomic E-state index is 12.3. The van der Waals surface area contributed by atoms with Crippen molar-refractivity contribution < 1.29 is 14.3 Å². The Bertz CT molecular complexity index is 967.